The van der Waals surface area contributed by atoms with Crippen LogP contribution in [0, 0.1) is 6.92 Å². The molecule has 0 fully saturated rings. The number of hydrogen-bond acceptors (Lipinski definition) is 5. The molecule has 1 aliphatic rings. The summed E-state index contributed by atoms with van der Waals surface area (Å²) in [6, 6.07) is 8.64. The molecule has 1 aliphatic heterocycles. The highest BCUT2D eigenvalue weighted by Crippen LogP contribution is 2.30. The minimum absolute atomic E-state index is 0.267. The first-order valence-corrected chi connectivity index (χ1v) is 8.42. The summed E-state index contributed by atoms with van der Waals surface area (Å²) in [5.74, 6) is 0.995. The van der Waals surface area contributed by atoms with Crippen LogP contribution in [-0.4, -0.2) is 32.8 Å². The molecular formula is C19H15F3N6. The Morgan fingerprint density at radius 3 is 2.64 bits per heavy atom. The Bertz CT molecular complexity index is 1060. The maximum Gasteiger partial charge on any atom is 0.416 e. The van der Waals surface area contributed by atoms with Gasteiger partial charge in [0.05, 0.1) is 23.5 Å². The molecular weight excluding hydrogens is 369 g/mol. The van der Waals surface area contributed by atoms with E-state index in [4.69, 9.17) is 0 Å². The number of guanidine groups is 1. The number of hydrogen-bond donors (Lipinski definition) is 1. The fourth-order valence-corrected chi connectivity index (χ4v) is 2.73. The van der Waals surface area contributed by atoms with E-state index in [9.17, 15) is 13.2 Å². The van der Waals surface area contributed by atoms with Crippen LogP contribution in [0.4, 0.5) is 18.9 Å². The monoisotopic (exact) mass is 384 g/mol. The van der Waals surface area contributed by atoms with Crippen LogP contribution in [0.3, 0.4) is 0 Å². The van der Waals surface area contributed by atoms with Crippen LogP contribution in [0.5, 0.6) is 0 Å². The van der Waals surface area contributed by atoms with Crippen LogP contribution >= 0.6 is 0 Å². The molecule has 0 amide bonds. The number of alkyl halides is 3. The normalized spacial score (nSPS) is 14.0. The van der Waals surface area contributed by atoms with Gasteiger partial charge in [-0.1, -0.05) is 6.07 Å². The molecule has 3 heterocycles. The number of pyridine rings is 1. The van der Waals surface area contributed by atoms with Gasteiger partial charge in [0, 0.05) is 23.6 Å². The Balaban J connectivity index is 1.48. The summed E-state index contributed by atoms with van der Waals surface area (Å²) in [6.45, 7) is 2.22. The number of nitrogens with zero attached hydrogens (tertiary/aromatic N) is 5. The molecule has 1 aromatic carbocycles. The molecule has 0 saturated heterocycles. The second kappa shape index (κ2) is 6.91. The smallest absolute Gasteiger partial charge is 0.324 e. The molecule has 0 radical (unpaired) electrons. The Hall–Kier alpha value is -3.49. The Morgan fingerprint density at radius 2 is 1.96 bits per heavy atom. The molecule has 0 spiro atoms. The Morgan fingerprint density at radius 1 is 1.11 bits per heavy atom. The maximum absolute atomic E-state index is 12.8. The lowest BCUT2D eigenvalue weighted by Gasteiger charge is -2.09. The summed E-state index contributed by atoms with van der Waals surface area (Å²) in [7, 11) is 0. The quantitative estimate of drug-likeness (QED) is 0.746. The maximum atomic E-state index is 12.8. The van der Waals surface area contributed by atoms with Crippen LogP contribution < -0.4 is 5.32 Å². The van der Waals surface area contributed by atoms with Gasteiger partial charge < -0.3 is 5.32 Å². The first-order chi connectivity index (χ1) is 13.4. The van der Waals surface area contributed by atoms with Gasteiger partial charge in [0.2, 0.25) is 5.96 Å². The van der Waals surface area contributed by atoms with Gasteiger partial charge in [-0.05, 0) is 37.3 Å². The lowest BCUT2D eigenvalue weighted by Crippen LogP contribution is -2.10. The SMILES string of the molecule is Cc1cn(-c2ccc(C3=NC(Nc4cccc(C(F)(F)F)c4)=NC3)cn2)cn1. The second-order valence-corrected chi connectivity index (χ2v) is 6.23. The van der Waals surface area contributed by atoms with Gasteiger partial charge in [0.15, 0.2) is 0 Å². The van der Waals surface area contributed by atoms with Crippen molar-refractivity contribution in [2.24, 2.45) is 9.98 Å². The van der Waals surface area contributed by atoms with E-state index >= 15 is 0 Å². The van der Waals surface area contributed by atoms with Crippen LogP contribution in [0.2, 0.25) is 0 Å². The van der Waals surface area contributed by atoms with Crippen molar-refractivity contribution in [3.8, 4) is 5.82 Å². The minimum atomic E-state index is -4.40. The third-order valence-electron chi connectivity index (χ3n) is 4.12. The van der Waals surface area contributed by atoms with E-state index in [1.54, 1.807) is 12.5 Å². The van der Waals surface area contributed by atoms with Crippen molar-refractivity contribution in [1.82, 2.24) is 14.5 Å². The number of aromatic nitrogens is 3. The first-order valence-electron chi connectivity index (χ1n) is 8.42. The number of halogens is 3. The van der Waals surface area contributed by atoms with E-state index in [2.05, 4.69) is 25.3 Å². The molecule has 0 saturated carbocycles. The van der Waals surface area contributed by atoms with E-state index in [1.165, 1.54) is 12.1 Å². The highest BCUT2D eigenvalue weighted by atomic mass is 19.4. The van der Waals surface area contributed by atoms with Crippen molar-refractivity contribution in [3.63, 3.8) is 0 Å². The molecule has 0 bridgehead atoms. The van der Waals surface area contributed by atoms with Gasteiger partial charge in [0.25, 0.3) is 0 Å². The fraction of sp³-hybridized carbons (Fsp3) is 0.158. The molecule has 0 aliphatic carbocycles. The standard InChI is InChI=1S/C19H15F3N6/c1-12-10-28(11-25-12)17-6-5-13(8-23-17)16-9-24-18(27-16)26-15-4-2-3-14(7-15)19(20,21)22/h2-8,10-11H,9H2,1H3,(H,24,26). The van der Waals surface area contributed by atoms with Gasteiger partial charge in [0.1, 0.15) is 12.1 Å². The third-order valence-corrected chi connectivity index (χ3v) is 4.12. The highest BCUT2D eigenvalue weighted by Gasteiger charge is 2.30. The lowest BCUT2D eigenvalue weighted by molar-refractivity contribution is -0.137. The van der Waals surface area contributed by atoms with Crippen LogP contribution in [0.1, 0.15) is 16.8 Å². The number of aliphatic imine (C=N–C) groups is 2. The lowest BCUT2D eigenvalue weighted by atomic mass is 10.2. The second-order valence-electron chi connectivity index (χ2n) is 6.23. The molecule has 3 aromatic rings. The molecule has 28 heavy (non-hydrogen) atoms. The Kier molecular flexibility index (Phi) is 4.42. The predicted molar refractivity (Wildman–Crippen MR) is 100 cm³/mol. The van der Waals surface area contributed by atoms with Gasteiger partial charge in [-0.25, -0.2) is 20.0 Å². The van der Waals surface area contributed by atoms with Crippen molar-refractivity contribution >= 4 is 17.4 Å². The largest absolute Gasteiger partial charge is 0.416 e. The summed E-state index contributed by atoms with van der Waals surface area (Å²) in [4.78, 5) is 17.2. The highest BCUT2D eigenvalue weighted by molar-refractivity contribution is 6.14. The fourth-order valence-electron chi connectivity index (χ4n) is 2.73. The van der Waals surface area contributed by atoms with Crippen molar-refractivity contribution in [1.29, 1.82) is 0 Å². The topological polar surface area (TPSA) is 67.5 Å². The number of nitrogens with one attached hydrogen (secondary N) is 1. The summed E-state index contributed by atoms with van der Waals surface area (Å²) < 4.78 is 40.3. The number of imidazole rings is 1. The van der Waals surface area contributed by atoms with Crippen LogP contribution in [0.25, 0.3) is 5.82 Å². The van der Waals surface area contributed by atoms with Gasteiger partial charge in [-0.15, -0.1) is 0 Å². The summed E-state index contributed by atoms with van der Waals surface area (Å²) in [6.07, 6.45) is 0.844. The molecule has 1 N–H and O–H groups in total. The Labute approximate surface area is 158 Å². The summed E-state index contributed by atoms with van der Waals surface area (Å²) >= 11 is 0. The van der Waals surface area contributed by atoms with Crippen LogP contribution in [0.15, 0.2) is 65.1 Å². The number of anilines is 1. The summed E-state index contributed by atoms with van der Waals surface area (Å²) in [5.41, 5.74) is 1.93. The van der Waals surface area contributed by atoms with E-state index in [0.29, 0.717) is 12.3 Å². The molecule has 2 aromatic heterocycles. The first kappa shape index (κ1) is 17.9. The van der Waals surface area contributed by atoms with Gasteiger partial charge in [-0.2, -0.15) is 13.2 Å². The van der Waals surface area contributed by atoms with Crippen molar-refractivity contribution in [3.05, 3.63) is 71.9 Å². The molecule has 9 heteroatoms. The zero-order valence-corrected chi connectivity index (χ0v) is 14.8. The molecule has 142 valence electrons. The van der Waals surface area contributed by atoms with Gasteiger partial charge in [-0.3, -0.25) is 4.57 Å². The third kappa shape index (κ3) is 3.78. The number of rotatable bonds is 3. The number of aryl methyl sites for hydroxylation is 1. The zero-order chi connectivity index (χ0) is 19.7. The number of benzene rings is 1. The average Bonchev–Trinajstić information content (AvgIpc) is 3.31. The van der Waals surface area contributed by atoms with Crippen LogP contribution in [-0.2, 0) is 6.18 Å². The predicted octanol–water partition coefficient (Wildman–Crippen LogP) is 3.87. The molecule has 0 atom stereocenters. The van der Waals surface area contributed by atoms with Gasteiger partial charge >= 0.3 is 6.18 Å². The average molecular weight is 384 g/mol. The van der Waals surface area contributed by atoms with Crippen molar-refractivity contribution < 1.29 is 13.2 Å². The van der Waals surface area contributed by atoms with E-state index in [-0.39, 0.29) is 11.6 Å². The van der Waals surface area contributed by atoms with Crippen molar-refractivity contribution in [2.75, 3.05) is 11.9 Å². The van der Waals surface area contributed by atoms with E-state index in [1.807, 2.05) is 29.8 Å². The van der Waals surface area contributed by atoms with Crippen molar-refractivity contribution in [2.45, 2.75) is 13.1 Å². The summed E-state index contributed by atoms with van der Waals surface area (Å²) in [5, 5.41) is 2.82. The molecule has 0 unspecified atom stereocenters. The zero-order valence-electron chi connectivity index (χ0n) is 14.8. The minimum Gasteiger partial charge on any atom is -0.324 e. The van der Waals surface area contributed by atoms with E-state index < -0.39 is 11.7 Å². The molecule has 6 nitrogen and oxygen atoms in total. The van der Waals surface area contributed by atoms with E-state index in [0.717, 1.165) is 29.2 Å². The molecule has 4 rings (SSSR count).